The number of benzene rings is 1. The highest BCUT2D eigenvalue weighted by Gasteiger charge is 2.41. The zero-order valence-electron chi connectivity index (χ0n) is 31.3. The van der Waals surface area contributed by atoms with Crippen molar-refractivity contribution in [2.45, 2.75) is 52.1 Å². The van der Waals surface area contributed by atoms with Crippen LogP contribution < -0.4 is 5.73 Å². The maximum Gasteiger partial charge on any atom is 0.314 e. The van der Waals surface area contributed by atoms with Gasteiger partial charge in [0.15, 0.2) is 0 Å². The van der Waals surface area contributed by atoms with Gasteiger partial charge >= 0.3 is 6.03 Å². The summed E-state index contributed by atoms with van der Waals surface area (Å²) in [6.45, 7) is 9.92. The second kappa shape index (κ2) is 34.1. The van der Waals surface area contributed by atoms with E-state index in [1.54, 1.807) is 147 Å². The quantitative estimate of drug-likeness (QED) is 0.446. The molecular weight excluding hydrogens is 1250 g/mol. The van der Waals surface area contributed by atoms with Crippen LogP contribution in [0.15, 0.2) is 42.6 Å². The number of hydrogen-bond donors (Lipinski definition) is 1. The molecule has 2 atom stereocenters. The Hall–Kier alpha value is 2.71. The zero-order valence-corrected chi connectivity index (χ0v) is 51.5. The Bertz CT molecular complexity index is 2700. The fourth-order valence-electron chi connectivity index (χ4n) is 5.80. The van der Waals surface area contributed by atoms with Gasteiger partial charge < -0.3 is 15.5 Å². The van der Waals surface area contributed by atoms with Crippen LogP contribution in [0.1, 0.15) is 57.3 Å². The Balaban J connectivity index is 0.000000362. The largest absolute Gasteiger partial charge is 0.351 e. The molecule has 0 bridgehead atoms. The summed E-state index contributed by atoms with van der Waals surface area (Å²) >= 11 is 22.2. The molecule has 1 aromatic carbocycles. The Morgan fingerprint density at radius 3 is 1.65 bits per heavy atom. The van der Waals surface area contributed by atoms with Crippen molar-refractivity contribution < 1.29 is 9.59 Å². The molecule has 2 aliphatic heterocycles. The topological polar surface area (TPSA) is 82.8 Å². The monoisotopic (exact) mass is 1280 g/mol. The van der Waals surface area contributed by atoms with Crippen LogP contribution in [-0.4, -0.2) is 70.4 Å². The Labute approximate surface area is 431 Å². The van der Waals surface area contributed by atoms with Crippen LogP contribution in [0.5, 0.6) is 0 Å². The first-order valence-corrected chi connectivity index (χ1v) is 46.7. The van der Waals surface area contributed by atoms with Gasteiger partial charge in [-0.15, -0.1) is 0 Å². The number of piperidine rings is 1. The molecule has 0 saturated carbocycles. The number of nitrogens with two attached hydrogens (primary N) is 1. The molecule has 3 heterocycles. The SMILES string of the molecule is CC(C)(C)[C@H]1CN(C(c2ccc(Cl)c(Cl)c2)c2ccccn2)CCN1C(=O)CC1CCN(C(N)=O)CC1.S=S=S=S=S=S=S=S=S=S=S=S=S=S=S=S=S=S=S=S=S=S=S. The van der Waals surface area contributed by atoms with Gasteiger partial charge in [-0.3, -0.25) is 14.7 Å². The molecule has 2 fully saturated rings. The van der Waals surface area contributed by atoms with Crippen molar-refractivity contribution in [1.82, 2.24) is 19.7 Å². The number of urea groups is 1. The third kappa shape index (κ3) is 23.1. The molecule has 0 spiro atoms. The molecule has 1 aromatic heterocycles. The smallest absolute Gasteiger partial charge is 0.314 e. The lowest BCUT2D eigenvalue weighted by atomic mass is 9.82. The molecule has 1 unspecified atom stereocenters. The standard InChI is InChI=1S/C28H37Cl2N5O2.S23/c1-28(2,3)24-18-34(14-15-35(24)25(36)16-19-9-12-33(13-10-19)27(31)37)26(23-6-4-5-11-32-23)20-7-8-21(29)22(30)17-20;1-3-5-7-9-11-13-15-17-19-21-23-22-20-18-16-14-12-10-8-6-4-2/h4-8,11,17,19,24,26H,9-10,12-16,18H2,1-3H3,(H2,31,37);/t24-,26?;/m1./s1. The number of pyridine rings is 1. The number of hydrogen-bond acceptors (Lipinski definition) is 6. The minimum atomic E-state index is -0.377. The second-order valence-corrected chi connectivity index (χ2v) is 50.7. The highest BCUT2D eigenvalue weighted by Crippen LogP contribution is 2.37. The predicted octanol–water partition coefficient (Wildman–Crippen LogP) is 5.16. The number of halogens is 2. The predicted molar refractivity (Wildman–Crippen MR) is 317 cm³/mol. The normalized spacial score (nSPS) is 15.6. The number of aromatic nitrogens is 1. The van der Waals surface area contributed by atoms with Gasteiger partial charge in [-0.05, 0) is 54.0 Å². The van der Waals surface area contributed by atoms with Crippen molar-refractivity contribution in [2.75, 3.05) is 32.7 Å². The van der Waals surface area contributed by atoms with Gasteiger partial charge in [-0.25, -0.2) is 4.79 Å². The molecule has 2 aromatic rings. The van der Waals surface area contributed by atoms with Gasteiger partial charge in [-0.2, -0.15) is 0 Å². The van der Waals surface area contributed by atoms with E-state index < -0.39 is 0 Å². The van der Waals surface area contributed by atoms with Crippen LogP contribution >= 0.6 is 23.2 Å². The van der Waals surface area contributed by atoms with Gasteiger partial charge in [0.1, 0.15) is 0 Å². The van der Waals surface area contributed by atoms with Crippen LogP contribution in [0.3, 0.4) is 0 Å². The Morgan fingerprint density at radius 2 is 1.23 bits per heavy atom. The lowest BCUT2D eigenvalue weighted by Crippen LogP contribution is -2.60. The van der Waals surface area contributed by atoms with Crippen LogP contribution in [0.25, 0.3) is 0 Å². The first-order valence-electron chi connectivity index (χ1n) is 16.6. The maximum absolute atomic E-state index is 13.6. The van der Waals surface area contributed by atoms with Gasteiger partial charge in [0, 0.05) is 260 Å². The Kier molecular flexibility index (Phi) is 32.4. The highest BCUT2D eigenvalue weighted by atomic mass is 35.5. The number of carbonyl (C=O) groups excluding carboxylic acids is 2. The number of amides is 3. The van der Waals surface area contributed by atoms with Gasteiger partial charge in [0.2, 0.25) is 5.91 Å². The molecule has 2 aliphatic rings. The third-order valence-corrected chi connectivity index (χ3v) is 53.5. The van der Waals surface area contributed by atoms with Crippen molar-refractivity contribution >= 4 is 244 Å². The van der Waals surface area contributed by atoms with Crippen LogP contribution in [0, 0.1) is 11.3 Å². The maximum atomic E-state index is 13.6. The van der Waals surface area contributed by atoms with Crippen molar-refractivity contribution in [3.63, 3.8) is 0 Å². The zero-order chi connectivity index (χ0) is 43.6. The summed E-state index contributed by atoms with van der Waals surface area (Å²) in [7, 11) is 36.3. The number of nitrogens with zero attached hydrogens (tertiary/aromatic N) is 4. The summed E-state index contributed by atoms with van der Waals surface area (Å²) < 4.78 is 0. The number of primary amides is 1. The average Bonchev–Trinajstić information content (AvgIpc) is 3.23. The van der Waals surface area contributed by atoms with E-state index in [0.29, 0.717) is 36.1 Å². The lowest BCUT2D eigenvalue weighted by molar-refractivity contribution is -0.141. The van der Waals surface area contributed by atoms with Crippen molar-refractivity contribution in [3.05, 3.63) is 63.9 Å². The summed E-state index contributed by atoms with van der Waals surface area (Å²) in [6.07, 6.45) is 3.95. The van der Waals surface area contributed by atoms with E-state index in [0.717, 1.165) is 37.2 Å². The summed E-state index contributed by atoms with van der Waals surface area (Å²) in [5.41, 5.74) is 7.28. The molecule has 2 saturated heterocycles. The van der Waals surface area contributed by atoms with Crippen molar-refractivity contribution in [3.8, 4) is 0 Å². The van der Waals surface area contributed by atoms with E-state index in [4.69, 9.17) is 51.3 Å². The fourth-order valence-corrected chi connectivity index (χ4v) is 58.3. The van der Waals surface area contributed by atoms with E-state index >= 15 is 0 Å². The Morgan fingerprint density at radius 1 is 0.733 bits per heavy atom. The average molecular weight is 1280 g/mol. The summed E-state index contributed by atoms with van der Waals surface area (Å²) in [4.78, 5) is 35.9. The molecule has 0 radical (unpaired) electrons. The van der Waals surface area contributed by atoms with Crippen LogP contribution in [0.2, 0.25) is 10.0 Å². The van der Waals surface area contributed by atoms with Crippen molar-refractivity contribution in [2.24, 2.45) is 17.1 Å². The minimum Gasteiger partial charge on any atom is -0.351 e. The third-order valence-electron chi connectivity index (χ3n) is 8.27. The molecule has 3 amide bonds. The highest BCUT2D eigenvalue weighted by molar-refractivity contribution is 8.78. The van der Waals surface area contributed by atoms with Gasteiger partial charge in [0.25, 0.3) is 0 Å². The summed E-state index contributed by atoms with van der Waals surface area (Å²) in [5.74, 6) is 0.472. The van der Waals surface area contributed by atoms with Crippen LogP contribution in [-0.2, 0) is 214 Å². The minimum absolute atomic E-state index is 0.0356. The lowest BCUT2D eigenvalue weighted by Gasteiger charge is -2.49. The molecule has 7 nitrogen and oxygen atoms in total. The van der Waals surface area contributed by atoms with Crippen molar-refractivity contribution in [1.29, 1.82) is 0 Å². The molecule has 32 heteroatoms. The number of carbonyl (C=O) groups is 2. The molecule has 4 rings (SSSR count). The van der Waals surface area contributed by atoms with E-state index in [1.807, 2.05) is 69.2 Å². The molecular formula is C28H37Cl2N5O2S23. The second-order valence-electron chi connectivity index (χ2n) is 12.7. The van der Waals surface area contributed by atoms with E-state index in [2.05, 4.69) is 35.6 Å². The summed E-state index contributed by atoms with van der Waals surface area (Å²) in [5, 5.41) is 1.04. The van der Waals surface area contributed by atoms with Crippen LogP contribution in [0.4, 0.5) is 4.79 Å². The molecule has 2 N–H and O–H groups in total. The van der Waals surface area contributed by atoms with Gasteiger partial charge in [-0.1, -0.05) is 56.1 Å². The molecule has 338 valence electrons. The summed E-state index contributed by atoms with van der Waals surface area (Å²) in [6, 6.07) is 11.3. The first-order chi connectivity index (χ1) is 29.0. The van der Waals surface area contributed by atoms with E-state index in [-0.39, 0.29) is 35.4 Å². The molecule has 0 aliphatic carbocycles. The van der Waals surface area contributed by atoms with E-state index in [9.17, 15) is 9.59 Å². The van der Waals surface area contributed by atoms with E-state index in [1.165, 1.54) is 17.8 Å². The molecule has 60 heavy (non-hydrogen) atoms. The fraction of sp³-hybridized carbons (Fsp3) is 0.536. The number of likely N-dealkylation sites (tertiary alicyclic amines) is 1. The van der Waals surface area contributed by atoms with Gasteiger partial charge in [0.05, 0.1) is 21.8 Å². The number of piperazine rings is 1. The first kappa shape index (κ1) is 57.0. The number of rotatable bonds is 5.